The molecule has 0 fully saturated rings. The van der Waals surface area contributed by atoms with Crippen molar-refractivity contribution in [1.82, 2.24) is 14.8 Å². The Morgan fingerprint density at radius 3 is 2.76 bits per heavy atom. The monoisotopic (exact) mass is 287 g/mol. The van der Waals surface area contributed by atoms with Crippen molar-refractivity contribution in [2.45, 2.75) is 39.7 Å². The van der Waals surface area contributed by atoms with Gasteiger partial charge in [-0.05, 0) is 18.4 Å². The molecule has 21 heavy (non-hydrogen) atoms. The van der Waals surface area contributed by atoms with Gasteiger partial charge < -0.3 is 5.11 Å². The Balaban J connectivity index is 2.25. The van der Waals surface area contributed by atoms with Crippen molar-refractivity contribution in [3.63, 3.8) is 0 Å². The first-order chi connectivity index (χ1) is 9.97. The van der Waals surface area contributed by atoms with Gasteiger partial charge in [-0.2, -0.15) is 5.10 Å². The number of carboxylic acid groups (broad SMARTS) is 1. The van der Waals surface area contributed by atoms with E-state index in [1.165, 1.54) is 6.33 Å². The Labute approximate surface area is 124 Å². The zero-order chi connectivity index (χ0) is 15.4. The largest absolute Gasteiger partial charge is 0.481 e. The fourth-order valence-corrected chi connectivity index (χ4v) is 2.36. The molecule has 0 aliphatic carbocycles. The molecule has 5 heteroatoms. The molecule has 1 N–H and O–H groups in total. The standard InChI is InChI=1S/C16H21N3O2/c1-11(2)9-19-15(17-10-18-19)8-14(16(20)21)13-6-4-5-12(3)7-13/h4-7,10-11,14H,8-9H2,1-3H3,(H,20,21). The number of aromatic nitrogens is 3. The van der Waals surface area contributed by atoms with Gasteiger partial charge in [0.25, 0.3) is 0 Å². The Morgan fingerprint density at radius 2 is 2.14 bits per heavy atom. The fourth-order valence-electron chi connectivity index (χ4n) is 2.36. The Morgan fingerprint density at radius 1 is 1.38 bits per heavy atom. The maximum atomic E-state index is 11.6. The molecule has 112 valence electrons. The van der Waals surface area contributed by atoms with Crippen LogP contribution in [-0.2, 0) is 17.8 Å². The normalized spacial score (nSPS) is 12.6. The molecule has 0 radical (unpaired) electrons. The van der Waals surface area contributed by atoms with Crippen molar-refractivity contribution in [2.24, 2.45) is 5.92 Å². The molecule has 1 unspecified atom stereocenters. The second-order valence-electron chi connectivity index (χ2n) is 5.76. The van der Waals surface area contributed by atoms with Gasteiger partial charge in [0.15, 0.2) is 0 Å². The highest BCUT2D eigenvalue weighted by atomic mass is 16.4. The molecular weight excluding hydrogens is 266 g/mol. The average Bonchev–Trinajstić information content (AvgIpc) is 2.82. The summed E-state index contributed by atoms with van der Waals surface area (Å²) in [6.07, 6.45) is 1.85. The van der Waals surface area contributed by atoms with E-state index in [1.807, 2.05) is 31.2 Å². The topological polar surface area (TPSA) is 68.0 Å². The maximum absolute atomic E-state index is 11.6. The van der Waals surface area contributed by atoms with Gasteiger partial charge in [-0.3, -0.25) is 4.79 Å². The lowest BCUT2D eigenvalue weighted by atomic mass is 9.94. The van der Waals surface area contributed by atoms with Crippen LogP contribution >= 0.6 is 0 Å². The van der Waals surface area contributed by atoms with Crippen LogP contribution in [0.2, 0.25) is 0 Å². The molecule has 0 bridgehead atoms. The van der Waals surface area contributed by atoms with Crippen molar-refractivity contribution in [3.05, 3.63) is 47.5 Å². The highest BCUT2D eigenvalue weighted by Gasteiger charge is 2.23. The number of carbonyl (C=O) groups is 1. The van der Waals surface area contributed by atoms with Crippen molar-refractivity contribution < 1.29 is 9.90 Å². The number of benzene rings is 1. The summed E-state index contributed by atoms with van der Waals surface area (Å²) in [4.78, 5) is 15.8. The van der Waals surface area contributed by atoms with E-state index in [9.17, 15) is 9.90 Å². The first-order valence-electron chi connectivity index (χ1n) is 7.13. The summed E-state index contributed by atoms with van der Waals surface area (Å²) in [6, 6.07) is 7.63. The lowest BCUT2D eigenvalue weighted by molar-refractivity contribution is -0.138. The van der Waals surface area contributed by atoms with Crippen LogP contribution in [0, 0.1) is 12.8 Å². The maximum Gasteiger partial charge on any atom is 0.311 e. The average molecular weight is 287 g/mol. The van der Waals surface area contributed by atoms with Crippen molar-refractivity contribution >= 4 is 5.97 Å². The molecule has 0 spiro atoms. The molecule has 0 saturated carbocycles. The molecule has 0 aliphatic heterocycles. The van der Waals surface area contributed by atoms with E-state index >= 15 is 0 Å². The predicted molar refractivity (Wildman–Crippen MR) is 80.1 cm³/mol. The molecule has 1 aromatic heterocycles. The first-order valence-corrected chi connectivity index (χ1v) is 7.13. The fraction of sp³-hybridized carbons (Fsp3) is 0.438. The van der Waals surface area contributed by atoms with Gasteiger partial charge in [-0.25, -0.2) is 9.67 Å². The number of carboxylic acids is 1. The second kappa shape index (κ2) is 6.52. The quantitative estimate of drug-likeness (QED) is 0.887. The van der Waals surface area contributed by atoms with Gasteiger partial charge >= 0.3 is 5.97 Å². The second-order valence-corrected chi connectivity index (χ2v) is 5.76. The van der Waals surface area contributed by atoms with E-state index < -0.39 is 11.9 Å². The minimum absolute atomic E-state index is 0.353. The summed E-state index contributed by atoms with van der Waals surface area (Å²) in [5.74, 6) is -0.273. The minimum Gasteiger partial charge on any atom is -0.481 e. The molecule has 0 saturated heterocycles. The van der Waals surface area contributed by atoms with Crippen molar-refractivity contribution in [3.8, 4) is 0 Å². The predicted octanol–water partition coefficient (Wildman–Crippen LogP) is 2.65. The number of hydrogen-bond donors (Lipinski definition) is 1. The van der Waals surface area contributed by atoms with E-state index in [1.54, 1.807) is 4.68 Å². The van der Waals surface area contributed by atoms with Crippen LogP contribution in [0.5, 0.6) is 0 Å². The molecule has 2 rings (SSSR count). The molecule has 1 aromatic carbocycles. The molecule has 1 atom stereocenters. The van der Waals surface area contributed by atoms with Gasteiger partial charge in [0.1, 0.15) is 12.2 Å². The van der Waals surface area contributed by atoms with Crippen LogP contribution in [0.4, 0.5) is 0 Å². The van der Waals surface area contributed by atoms with E-state index in [4.69, 9.17) is 0 Å². The van der Waals surface area contributed by atoms with Crippen LogP contribution in [-0.4, -0.2) is 25.8 Å². The SMILES string of the molecule is Cc1cccc(C(Cc2ncnn2CC(C)C)C(=O)O)c1. The third-order valence-electron chi connectivity index (χ3n) is 3.36. The van der Waals surface area contributed by atoms with Crippen LogP contribution in [0.15, 0.2) is 30.6 Å². The summed E-state index contributed by atoms with van der Waals surface area (Å²) < 4.78 is 1.80. The summed E-state index contributed by atoms with van der Waals surface area (Å²) >= 11 is 0. The minimum atomic E-state index is -0.834. The Hall–Kier alpha value is -2.17. The van der Waals surface area contributed by atoms with Gasteiger partial charge in [0.2, 0.25) is 0 Å². The Kier molecular flexibility index (Phi) is 4.73. The van der Waals surface area contributed by atoms with Crippen LogP contribution in [0.3, 0.4) is 0 Å². The molecule has 2 aromatic rings. The highest BCUT2D eigenvalue weighted by Crippen LogP contribution is 2.21. The third kappa shape index (κ3) is 3.90. The number of rotatable bonds is 6. The van der Waals surface area contributed by atoms with Crippen molar-refractivity contribution in [2.75, 3.05) is 0 Å². The van der Waals surface area contributed by atoms with E-state index in [2.05, 4.69) is 23.9 Å². The number of hydrogen-bond acceptors (Lipinski definition) is 3. The van der Waals surface area contributed by atoms with E-state index in [-0.39, 0.29) is 0 Å². The summed E-state index contributed by atoms with van der Waals surface area (Å²) in [6.45, 7) is 6.90. The van der Waals surface area contributed by atoms with Crippen molar-refractivity contribution in [1.29, 1.82) is 0 Å². The zero-order valence-electron chi connectivity index (χ0n) is 12.7. The van der Waals surface area contributed by atoms with E-state index in [0.717, 1.165) is 23.5 Å². The van der Waals surface area contributed by atoms with Gasteiger partial charge in [-0.15, -0.1) is 0 Å². The third-order valence-corrected chi connectivity index (χ3v) is 3.36. The molecular formula is C16H21N3O2. The molecule has 1 heterocycles. The first kappa shape index (κ1) is 15.2. The highest BCUT2D eigenvalue weighted by molar-refractivity contribution is 5.76. The smallest absolute Gasteiger partial charge is 0.311 e. The summed E-state index contributed by atoms with van der Waals surface area (Å²) in [7, 11) is 0. The summed E-state index contributed by atoms with van der Waals surface area (Å²) in [5, 5.41) is 13.7. The molecule has 0 aliphatic rings. The van der Waals surface area contributed by atoms with Gasteiger partial charge in [-0.1, -0.05) is 43.7 Å². The number of aliphatic carboxylic acids is 1. The Bertz CT molecular complexity index is 619. The van der Waals surface area contributed by atoms with E-state index in [0.29, 0.717) is 12.3 Å². The lowest BCUT2D eigenvalue weighted by Crippen LogP contribution is -2.19. The lowest BCUT2D eigenvalue weighted by Gasteiger charge is -2.14. The number of nitrogens with zero attached hydrogens (tertiary/aromatic N) is 3. The molecule has 5 nitrogen and oxygen atoms in total. The van der Waals surface area contributed by atoms with Crippen LogP contribution in [0.25, 0.3) is 0 Å². The van der Waals surface area contributed by atoms with Crippen LogP contribution in [0.1, 0.15) is 36.7 Å². The zero-order valence-corrected chi connectivity index (χ0v) is 12.7. The van der Waals surface area contributed by atoms with Crippen LogP contribution < -0.4 is 0 Å². The molecule has 0 amide bonds. The van der Waals surface area contributed by atoms with Gasteiger partial charge in [0.05, 0.1) is 5.92 Å². The van der Waals surface area contributed by atoms with Gasteiger partial charge in [0, 0.05) is 13.0 Å². The number of aryl methyl sites for hydroxylation is 1. The summed E-state index contributed by atoms with van der Waals surface area (Å²) in [5.41, 5.74) is 1.86.